The number of rotatable bonds is 4. The van der Waals surface area contributed by atoms with Gasteiger partial charge in [-0.25, -0.2) is 4.79 Å². The van der Waals surface area contributed by atoms with Crippen LogP contribution in [0, 0.1) is 18.3 Å². The van der Waals surface area contributed by atoms with Crippen LogP contribution in [0.25, 0.3) is 0 Å². The number of ketones is 1. The summed E-state index contributed by atoms with van der Waals surface area (Å²) < 4.78 is 4.82. The molecule has 18 heavy (non-hydrogen) atoms. The highest BCUT2D eigenvalue weighted by atomic mass is 32.1. The molecule has 2 N–H and O–H groups in total. The number of thiophene rings is 1. The summed E-state index contributed by atoms with van der Waals surface area (Å²) >= 11 is 1.28. The molecule has 6 heteroatoms. The Balaban J connectivity index is 2.62. The topological polar surface area (TPSA) is 93.2 Å². The van der Waals surface area contributed by atoms with Gasteiger partial charge in [0.25, 0.3) is 0 Å². The number of hydrogen-bond acceptors (Lipinski definition) is 6. The molecule has 1 heterocycles. The minimum absolute atomic E-state index is 0.116. The lowest BCUT2D eigenvalue weighted by atomic mass is 10.1. The molecule has 0 amide bonds. The van der Waals surface area contributed by atoms with Crippen molar-refractivity contribution >= 4 is 23.1 Å². The lowest BCUT2D eigenvalue weighted by Crippen LogP contribution is -2.17. The van der Waals surface area contributed by atoms with Gasteiger partial charge in [0, 0.05) is 10.6 Å². The number of ether oxygens (including phenoxy) is 1. The van der Waals surface area contributed by atoms with Gasteiger partial charge in [-0.05, 0) is 26.0 Å². The number of aryl methyl sites for hydroxylation is 1. The molecule has 1 aromatic heterocycles. The predicted molar refractivity (Wildman–Crippen MR) is 66.8 cm³/mol. The van der Waals surface area contributed by atoms with E-state index in [9.17, 15) is 9.59 Å². The summed E-state index contributed by atoms with van der Waals surface area (Å²) in [6.07, 6.45) is 0. The van der Waals surface area contributed by atoms with E-state index >= 15 is 0 Å². The van der Waals surface area contributed by atoms with Crippen molar-refractivity contribution < 1.29 is 14.3 Å². The van der Waals surface area contributed by atoms with E-state index in [0.29, 0.717) is 4.88 Å². The SMILES string of the molecule is CC(N)=C(C#N)C(=O)COC(=O)c1ccc(C)s1. The monoisotopic (exact) mass is 264 g/mol. The Morgan fingerprint density at radius 3 is 2.61 bits per heavy atom. The number of nitrogens with two attached hydrogens (primary N) is 1. The average Bonchev–Trinajstić information content (AvgIpc) is 2.73. The summed E-state index contributed by atoms with van der Waals surface area (Å²) in [4.78, 5) is 24.5. The van der Waals surface area contributed by atoms with Crippen LogP contribution in [-0.4, -0.2) is 18.4 Å². The van der Waals surface area contributed by atoms with E-state index in [1.165, 1.54) is 18.3 Å². The molecule has 1 aromatic rings. The molecule has 94 valence electrons. The van der Waals surface area contributed by atoms with Crippen molar-refractivity contribution in [2.75, 3.05) is 6.61 Å². The van der Waals surface area contributed by atoms with E-state index in [4.69, 9.17) is 15.7 Å². The van der Waals surface area contributed by atoms with E-state index in [0.717, 1.165) is 4.88 Å². The standard InChI is InChI=1S/C12H12N2O3S/c1-7-3-4-11(18-7)12(16)17-6-10(15)9(5-13)8(2)14/h3-4H,6,14H2,1-2H3. The Bertz CT molecular complexity index is 548. The van der Waals surface area contributed by atoms with Crippen LogP contribution >= 0.6 is 11.3 Å². The number of allylic oxidation sites excluding steroid dienone is 1. The number of nitriles is 1. The van der Waals surface area contributed by atoms with Crippen molar-refractivity contribution in [1.82, 2.24) is 0 Å². The van der Waals surface area contributed by atoms with Gasteiger partial charge in [-0.15, -0.1) is 11.3 Å². The maximum absolute atomic E-state index is 11.5. The van der Waals surface area contributed by atoms with Crippen molar-refractivity contribution in [3.8, 4) is 6.07 Å². The van der Waals surface area contributed by atoms with Gasteiger partial charge in [0.05, 0.1) is 0 Å². The molecule has 0 unspecified atom stereocenters. The molecular formula is C12H12N2O3S. The van der Waals surface area contributed by atoms with E-state index in [-0.39, 0.29) is 11.3 Å². The quantitative estimate of drug-likeness (QED) is 0.506. The van der Waals surface area contributed by atoms with Crippen LogP contribution in [0.2, 0.25) is 0 Å². The van der Waals surface area contributed by atoms with Crippen molar-refractivity contribution in [3.05, 3.63) is 33.2 Å². The number of nitrogens with zero attached hydrogens (tertiary/aromatic N) is 1. The molecule has 0 fully saturated rings. The fraction of sp³-hybridized carbons (Fsp3) is 0.250. The van der Waals surface area contributed by atoms with Crippen LogP contribution < -0.4 is 5.73 Å². The van der Waals surface area contributed by atoms with Gasteiger partial charge in [0.15, 0.2) is 6.61 Å². The first-order chi connectivity index (χ1) is 8.45. The average molecular weight is 264 g/mol. The zero-order valence-electron chi connectivity index (χ0n) is 10.0. The molecule has 0 saturated heterocycles. The van der Waals surface area contributed by atoms with Crippen LogP contribution in [-0.2, 0) is 9.53 Å². The second-order valence-corrected chi connectivity index (χ2v) is 4.87. The number of carbonyl (C=O) groups excluding carboxylic acids is 2. The summed E-state index contributed by atoms with van der Waals surface area (Å²) in [5.74, 6) is -1.17. The summed E-state index contributed by atoms with van der Waals surface area (Å²) in [6.45, 7) is 2.83. The van der Waals surface area contributed by atoms with Gasteiger partial charge in [0.1, 0.15) is 16.5 Å². The first-order valence-corrected chi connectivity index (χ1v) is 5.90. The Morgan fingerprint density at radius 1 is 1.50 bits per heavy atom. The second kappa shape index (κ2) is 5.98. The minimum Gasteiger partial charge on any atom is -0.453 e. The van der Waals surface area contributed by atoms with Gasteiger partial charge >= 0.3 is 5.97 Å². The Kier molecular flexibility index (Phi) is 4.63. The summed E-state index contributed by atoms with van der Waals surface area (Å²) in [7, 11) is 0. The first-order valence-electron chi connectivity index (χ1n) is 5.09. The number of Topliss-reactive ketones (excluding diaryl/α,β-unsaturated/α-hetero) is 1. The van der Waals surface area contributed by atoms with Crippen molar-refractivity contribution in [3.63, 3.8) is 0 Å². The van der Waals surface area contributed by atoms with Gasteiger partial charge < -0.3 is 10.5 Å². The maximum atomic E-state index is 11.5. The van der Waals surface area contributed by atoms with Gasteiger partial charge in [0.2, 0.25) is 5.78 Å². The van der Waals surface area contributed by atoms with E-state index < -0.39 is 18.4 Å². The van der Waals surface area contributed by atoms with Crippen molar-refractivity contribution in [1.29, 1.82) is 5.26 Å². The number of esters is 1. The highest BCUT2D eigenvalue weighted by molar-refractivity contribution is 7.13. The lowest BCUT2D eigenvalue weighted by Gasteiger charge is -2.02. The summed E-state index contributed by atoms with van der Waals surface area (Å²) in [5.41, 5.74) is 5.31. The molecule has 0 aliphatic heterocycles. The van der Waals surface area contributed by atoms with Crippen LogP contribution in [0.3, 0.4) is 0 Å². The zero-order chi connectivity index (χ0) is 13.7. The first kappa shape index (κ1) is 13.9. The van der Waals surface area contributed by atoms with Crippen LogP contribution in [0.15, 0.2) is 23.4 Å². The Morgan fingerprint density at radius 2 is 2.17 bits per heavy atom. The van der Waals surface area contributed by atoms with Gasteiger partial charge in [-0.1, -0.05) is 0 Å². The number of carbonyl (C=O) groups is 2. The van der Waals surface area contributed by atoms with Crippen molar-refractivity contribution in [2.24, 2.45) is 5.73 Å². The maximum Gasteiger partial charge on any atom is 0.348 e. The molecule has 0 radical (unpaired) electrons. The molecule has 0 bridgehead atoms. The van der Waals surface area contributed by atoms with Crippen LogP contribution in [0.5, 0.6) is 0 Å². The molecule has 0 atom stereocenters. The molecule has 0 aliphatic carbocycles. The molecular weight excluding hydrogens is 252 g/mol. The van der Waals surface area contributed by atoms with E-state index in [2.05, 4.69) is 0 Å². The van der Waals surface area contributed by atoms with Crippen LogP contribution in [0.4, 0.5) is 0 Å². The Hall–Kier alpha value is -2.13. The molecule has 0 saturated carbocycles. The number of hydrogen-bond donors (Lipinski definition) is 1. The highest BCUT2D eigenvalue weighted by Crippen LogP contribution is 2.16. The highest BCUT2D eigenvalue weighted by Gasteiger charge is 2.16. The largest absolute Gasteiger partial charge is 0.453 e. The van der Waals surface area contributed by atoms with Gasteiger partial charge in [-0.2, -0.15) is 5.26 Å². The molecule has 0 aliphatic rings. The summed E-state index contributed by atoms with van der Waals surface area (Å²) in [5, 5.41) is 8.71. The smallest absolute Gasteiger partial charge is 0.348 e. The normalized spacial score (nSPS) is 11.4. The Labute approximate surface area is 108 Å². The third kappa shape index (κ3) is 3.43. The molecule has 0 spiro atoms. The third-order valence-corrected chi connectivity index (χ3v) is 3.04. The van der Waals surface area contributed by atoms with Gasteiger partial charge in [-0.3, -0.25) is 4.79 Å². The molecule has 5 nitrogen and oxygen atoms in total. The second-order valence-electron chi connectivity index (χ2n) is 3.58. The fourth-order valence-corrected chi connectivity index (χ4v) is 1.95. The van der Waals surface area contributed by atoms with E-state index in [1.807, 2.05) is 6.92 Å². The van der Waals surface area contributed by atoms with E-state index in [1.54, 1.807) is 18.2 Å². The summed E-state index contributed by atoms with van der Waals surface area (Å²) in [6, 6.07) is 5.10. The fourth-order valence-electron chi connectivity index (χ4n) is 1.19. The lowest BCUT2D eigenvalue weighted by molar-refractivity contribution is -0.118. The molecule has 1 rings (SSSR count). The van der Waals surface area contributed by atoms with Crippen molar-refractivity contribution in [2.45, 2.75) is 13.8 Å². The minimum atomic E-state index is -0.598. The molecule has 0 aromatic carbocycles. The third-order valence-electron chi connectivity index (χ3n) is 2.06. The predicted octanol–water partition coefficient (Wildman–Crippen LogP) is 1.54. The van der Waals surface area contributed by atoms with Crippen LogP contribution in [0.1, 0.15) is 21.5 Å². The zero-order valence-corrected chi connectivity index (χ0v) is 10.8.